The van der Waals surface area contributed by atoms with E-state index in [0.29, 0.717) is 11.3 Å². The van der Waals surface area contributed by atoms with Crippen molar-refractivity contribution in [3.63, 3.8) is 0 Å². The van der Waals surface area contributed by atoms with Crippen LogP contribution in [0.4, 0.5) is 22.0 Å². The van der Waals surface area contributed by atoms with E-state index in [9.17, 15) is 27.6 Å². The second-order valence-electron chi connectivity index (χ2n) is 10.6. The van der Waals surface area contributed by atoms with Crippen molar-refractivity contribution in [3.05, 3.63) is 116 Å². The molecule has 0 aliphatic rings. The topological polar surface area (TPSA) is 108 Å². The molecule has 0 bridgehead atoms. The van der Waals surface area contributed by atoms with Gasteiger partial charge in [0.25, 0.3) is 5.91 Å². The summed E-state index contributed by atoms with van der Waals surface area (Å²) in [6.45, 7) is -2.58. The quantitative estimate of drug-likeness (QED) is 0.118. The van der Waals surface area contributed by atoms with E-state index in [0.717, 1.165) is 25.9 Å². The minimum atomic E-state index is -4.58. The van der Waals surface area contributed by atoms with Gasteiger partial charge in [0.05, 0.1) is 29.2 Å². The van der Waals surface area contributed by atoms with Gasteiger partial charge < -0.3 is 4.90 Å². The molecule has 0 fully saturated rings. The van der Waals surface area contributed by atoms with Gasteiger partial charge in [-0.1, -0.05) is 53.5 Å². The van der Waals surface area contributed by atoms with Crippen LogP contribution in [0.15, 0.2) is 77.6 Å². The van der Waals surface area contributed by atoms with E-state index in [1.54, 1.807) is 6.07 Å². The monoisotopic (exact) mass is 707 g/mol. The molecule has 2 aromatic heterocycles. The Balaban J connectivity index is 1.54. The number of halogens is 7. The van der Waals surface area contributed by atoms with Gasteiger partial charge in [-0.05, 0) is 42.5 Å². The van der Waals surface area contributed by atoms with E-state index in [-0.39, 0.29) is 39.0 Å². The SMILES string of the molecule is CN(CC(F)(F)c1nc(Cn2nc(-c3ccc(Cl)cc3)n(CCC(F)(F)F)c2=O)nn1-c1ccccc1Cl)C(=O)c1ccccc1C=O. The Morgan fingerprint density at radius 1 is 0.938 bits per heavy atom. The van der Waals surface area contributed by atoms with Crippen molar-refractivity contribution in [1.29, 1.82) is 0 Å². The summed E-state index contributed by atoms with van der Waals surface area (Å²) in [7, 11) is 1.13. The number of nitrogens with zero attached hydrogens (tertiary/aromatic N) is 7. The second-order valence-corrected chi connectivity index (χ2v) is 11.4. The first kappa shape index (κ1) is 34.4. The minimum Gasteiger partial charge on any atom is -0.335 e. The van der Waals surface area contributed by atoms with Crippen molar-refractivity contribution in [2.45, 2.75) is 31.6 Å². The lowest BCUT2D eigenvalue weighted by atomic mass is 10.1. The first-order valence-electron chi connectivity index (χ1n) is 14.1. The summed E-state index contributed by atoms with van der Waals surface area (Å²) >= 11 is 12.3. The molecule has 0 saturated heterocycles. The van der Waals surface area contributed by atoms with Crippen LogP contribution in [0.1, 0.15) is 38.8 Å². The van der Waals surface area contributed by atoms with Crippen LogP contribution in [-0.2, 0) is 19.0 Å². The molecule has 2 heterocycles. The minimum absolute atomic E-state index is 0.00206. The van der Waals surface area contributed by atoms with Gasteiger partial charge in [0, 0.05) is 29.7 Å². The van der Waals surface area contributed by atoms with Crippen LogP contribution in [0, 0.1) is 0 Å². The van der Waals surface area contributed by atoms with Crippen LogP contribution in [0.25, 0.3) is 17.1 Å². The molecule has 5 rings (SSSR count). The van der Waals surface area contributed by atoms with Gasteiger partial charge in [-0.15, -0.1) is 10.2 Å². The summed E-state index contributed by atoms with van der Waals surface area (Å²) in [6, 6.07) is 17.5. The van der Waals surface area contributed by atoms with Crippen LogP contribution in [-0.4, -0.2) is 66.0 Å². The van der Waals surface area contributed by atoms with Crippen LogP contribution < -0.4 is 5.69 Å². The number of likely N-dealkylation sites (N-methyl/N-ethyl adjacent to an activating group) is 1. The maximum Gasteiger partial charge on any atom is 0.390 e. The number of aromatic nitrogens is 6. The number of aldehydes is 1. The molecule has 0 N–H and O–H groups in total. The molecule has 5 aromatic rings. The van der Waals surface area contributed by atoms with Crippen molar-refractivity contribution in [2.75, 3.05) is 13.6 Å². The van der Waals surface area contributed by atoms with E-state index in [1.165, 1.54) is 66.7 Å². The van der Waals surface area contributed by atoms with E-state index >= 15 is 8.78 Å². The van der Waals surface area contributed by atoms with Crippen molar-refractivity contribution >= 4 is 35.4 Å². The second kappa shape index (κ2) is 13.7. The summed E-state index contributed by atoms with van der Waals surface area (Å²) in [6.07, 6.45) is -5.48. The molecule has 3 aromatic carbocycles. The average Bonchev–Trinajstić information content (AvgIpc) is 3.61. The molecule has 0 unspecified atom stereocenters. The molecule has 0 spiro atoms. The Morgan fingerprint density at radius 3 is 2.27 bits per heavy atom. The molecule has 250 valence electrons. The van der Waals surface area contributed by atoms with Gasteiger partial charge in [-0.25, -0.2) is 19.1 Å². The normalized spacial score (nSPS) is 11.9. The fourth-order valence-electron chi connectivity index (χ4n) is 4.82. The van der Waals surface area contributed by atoms with E-state index in [2.05, 4.69) is 15.2 Å². The molecular formula is C31H24Cl2F5N7O3. The number of hydrogen-bond acceptors (Lipinski definition) is 6. The third-order valence-electron chi connectivity index (χ3n) is 7.09. The largest absolute Gasteiger partial charge is 0.390 e. The van der Waals surface area contributed by atoms with E-state index < -0.39 is 55.6 Å². The number of para-hydroxylation sites is 1. The number of rotatable bonds is 11. The molecule has 0 aliphatic heterocycles. The highest BCUT2D eigenvalue weighted by molar-refractivity contribution is 6.32. The van der Waals surface area contributed by atoms with Crippen LogP contribution >= 0.6 is 23.2 Å². The molecule has 10 nitrogen and oxygen atoms in total. The maximum absolute atomic E-state index is 16.1. The lowest BCUT2D eigenvalue weighted by Crippen LogP contribution is -2.38. The first-order valence-corrected chi connectivity index (χ1v) is 14.8. The van der Waals surface area contributed by atoms with Gasteiger partial charge in [0.1, 0.15) is 6.54 Å². The molecule has 17 heteroatoms. The van der Waals surface area contributed by atoms with Crippen molar-refractivity contribution in [3.8, 4) is 17.1 Å². The van der Waals surface area contributed by atoms with Gasteiger partial charge >= 0.3 is 17.8 Å². The maximum atomic E-state index is 16.1. The Morgan fingerprint density at radius 2 is 1.60 bits per heavy atom. The van der Waals surface area contributed by atoms with Crippen LogP contribution in [0.3, 0.4) is 0 Å². The highest BCUT2D eigenvalue weighted by atomic mass is 35.5. The van der Waals surface area contributed by atoms with Crippen molar-refractivity contribution in [1.82, 2.24) is 34.0 Å². The highest BCUT2D eigenvalue weighted by Crippen LogP contribution is 2.32. The smallest absolute Gasteiger partial charge is 0.335 e. The molecule has 0 atom stereocenters. The lowest BCUT2D eigenvalue weighted by molar-refractivity contribution is -0.136. The van der Waals surface area contributed by atoms with Gasteiger partial charge in [0.2, 0.25) is 5.82 Å². The zero-order chi connectivity index (χ0) is 34.8. The Hall–Kier alpha value is -4.89. The summed E-state index contributed by atoms with van der Waals surface area (Å²) in [4.78, 5) is 42.6. The summed E-state index contributed by atoms with van der Waals surface area (Å²) in [5, 5.41) is 8.73. The highest BCUT2D eigenvalue weighted by Gasteiger charge is 2.41. The van der Waals surface area contributed by atoms with Gasteiger partial charge in [-0.3, -0.25) is 14.2 Å². The molecule has 48 heavy (non-hydrogen) atoms. The molecular weight excluding hydrogens is 684 g/mol. The zero-order valence-electron chi connectivity index (χ0n) is 24.8. The fraction of sp³-hybridized carbons (Fsp3) is 0.226. The number of carbonyl (C=O) groups excluding carboxylic acids is 2. The third kappa shape index (κ3) is 7.47. The predicted octanol–water partition coefficient (Wildman–Crippen LogP) is 6.28. The Bertz CT molecular complexity index is 2020. The number of carbonyl (C=O) groups is 2. The molecule has 0 aliphatic carbocycles. The summed E-state index contributed by atoms with van der Waals surface area (Å²) in [5.41, 5.74) is -0.764. The lowest BCUT2D eigenvalue weighted by Gasteiger charge is -2.24. The summed E-state index contributed by atoms with van der Waals surface area (Å²) < 4.78 is 73.9. The number of benzene rings is 3. The number of alkyl halides is 5. The van der Waals surface area contributed by atoms with Gasteiger partial charge in [-0.2, -0.15) is 22.0 Å². The molecule has 0 saturated carbocycles. The Kier molecular flexibility index (Phi) is 9.82. The summed E-state index contributed by atoms with van der Waals surface area (Å²) in [5.74, 6) is -6.15. The van der Waals surface area contributed by atoms with Crippen LogP contribution in [0.2, 0.25) is 10.0 Å². The Labute approximate surface area is 278 Å². The standard InChI is InChI=1S/C31H24Cl2F5N7O3/c1-42(27(47)22-7-3-2-6-20(22)17-46)18-30(34,35)28-39-25(40-45(28)24-9-5-4-8-23(24)33)16-44-29(48)43(15-14-31(36,37)38)26(41-44)19-10-12-21(32)13-11-19/h2-13,17H,14-16,18H2,1H3. The van der Waals surface area contributed by atoms with Gasteiger partial charge in [0.15, 0.2) is 17.9 Å². The van der Waals surface area contributed by atoms with E-state index in [1.807, 2.05) is 0 Å². The molecule has 1 amide bonds. The van der Waals surface area contributed by atoms with Crippen molar-refractivity contribution in [2.24, 2.45) is 0 Å². The van der Waals surface area contributed by atoms with Crippen LogP contribution in [0.5, 0.6) is 0 Å². The predicted molar refractivity (Wildman–Crippen MR) is 166 cm³/mol. The molecule has 0 radical (unpaired) electrons. The van der Waals surface area contributed by atoms with Crippen molar-refractivity contribution < 1.29 is 31.5 Å². The zero-order valence-corrected chi connectivity index (χ0v) is 26.3. The first-order chi connectivity index (χ1) is 22.7. The number of amides is 1. The fourth-order valence-corrected chi connectivity index (χ4v) is 5.16. The van der Waals surface area contributed by atoms with E-state index in [4.69, 9.17) is 23.2 Å². The average molecular weight is 708 g/mol. The number of hydrogen-bond donors (Lipinski definition) is 0. The third-order valence-corrected chi connectivity index (χ3v) is 7.67.